The number of nitrogens with one attached hydrogen (secondary N) is 1. The minimum absolute atomic E-state index is 0.128. The van der Waals surface area contributed by atoms with E-state index in [4.69, 9.17) is 4.52 Å². The van der Waals surface area contributed by atoms with E-state index in [0.29, 0.717) is 11.3 Å². The van der Waals surface area contributed by atoms with Gasteiger partial charge < -0.3 is 20.0 Å². The molecule has 0 unspecified atom stereocenters. The SMILES string of the molecule is Cc1cccc(C)c1NC(=O)c1noc(C)c1Cn1ccc([N+](=O)[O-])n1. The van der Waals surface area contributed by atoms with Crippen LogP contribution in [0.2, 0.25) is 0 Å². The Morgan fingerprint density at radius 1 is 1.27 bits per heavy atom. The predicted octanol–water partition coefficient (Wildman–Crippen LogP) is 3.01. The minimum atomic E-state index is -0.578. The van der Waals surface area contributed by atoms with Crippen molar-refractivity contribution in [1.82, 2.24) is 14.9 Å². The normalized spacial score (nSPS) is 10.7. The third-order valence-electron chi connectivity index (χ3n) is 4.05. The highest BCUT2D eigenvalue weighted by molar-refractivity contribution is 6.04. The molecule has 2 aromatic heterocycles. The number of amides is 1. The Balaban J connectivity index is 1.87. The van der Waals surface area contributed by atoms with Gasteiger partial charge in [0.2, 0.25) is 0 Å². The summed E-state index contributed by atoms with van der Waals surface area (Å²) < 4.78 is 6.52. The summed E-state index contributed by atoms with van der Waals surface area (Å²) in [6, 6.07) is 7.01. The van der Waals surface area contributed by atoms with E-state index < -0.39 is 10.8 Å². The van der Waals surface area contributed by atoms with E-state index in [-0.39, 0.29) is 18.1 Å². The number of aromatic nitrogens is 3. The minimum Gasteiger partial charge on any atom is -0.361 e. The molecule has 0 atom stereocenters. The molecule has 0 fully saturated rings. The van der Waals surface area contributed by atoms with Crippen molar-refractivity contribution in [2.24, 2.45) is 0 Å². The molecule has 9 nitrogen and oxygen atoms in total. The molecule has 9 heteroatoms. The zero-order valence-corrected chi connectivity index (χ0v) is 14.5. The topological polar surface area (TPSA) is 116 Å². The van der Waals surface area contributed by atoms with Crippen LogP contribution in [0.1, 0.15) is 32.9 Å². The molecule has 2 heterocycles. The fourth-order valence-corrected chi connectivity index (χ4v) is 2.64. The maximum atomic E-state index is 12.7. The monoisotopic (exact) mass is 355 g/mol. The third kappa shape index (κ3) is 3.32. The summed E-state index contributed by atoms with van der Waals surface area (Å²) in [6.07, 6.45) is 1.47. The molecule has 1 amide bonds. The number of carbonyl (C=O) groups excluding carboxylic acids is 1. The average Bonchev–Trinajstić information content (AvgIpc) is 3.19. The lowest BCUT2D eigenvalue weighted by Crippen LogP contribution is -2.17. The number of nitrogens with zero attached hydrogens (tertiary/aromatic N) is 4. The van der Waals surface area contributed by atoms with E-state index in [1.807, 2.05) is 32.0 Å². The molecule has 0 spiro atoms. The molecule has 0 bridgehead atoms. The summed E-state index contributed by atoms with van der Waals surface area (Å²) in [7, 11) is 0. The zero-order chi connectivity index (χ0) is 18.8. The molecule has 0 saturated heterocycles. The largest absolute Gasteiger partial charge is 0.389 e. The lowest BCUT2D eigenvalue weighted by atomic mass is 10.1. The molecule has 0 aliphatic rings. The van der Waals surface area contributed by atoms with Crippen LogP contribution in [-0.2, 0) is 6.54 Å². The molecular weight excluding hydrogens is 338 g/mol. The summed E-state index contributed by atoms with van der Waals surface area (Å²) >= 11 is 0. The number of nitro groups is 1. The Hall–Kier alpha value is -3.49. The predicted molar refractivity (Wildman–Crippen MR) is 93.1 cm³/mol. The second-order valence-corrected chi connectivity index (χ2v) is 5.92. The molecule has 1 N–H and O–H groups in total. The molecule has 0 aliphatic carbocycles. The van der Waals surface area contributed by atoms with E-state index in [2.05, 4.69) is 15.6 Å². The first kappa shape index (κ1) is 17.3. The first-order valence-corrected chi connectivity index (χ1v) is 7.87. The maximum absolute atomic E-state index is 12.7. The number of hydrogen-bond donors (Lipinski definition) is 1. The van der Waals surface area contributed by atoms with Crippen molar-refractivity contribution in [3.05, 3.63) is 68.7 Å². The van der Waals surface area contributed by atoms with E-state index in [1.54, 1.807) is 6.92 Å². The number of rotatable bonds is 5. The Labute approximate surface area is 148 Å². The number of carbonyl (C=O) groups is 1. The highest BCUT2D eigenvalue weighted by Crippen LogP contribution is 2.22. The number of para-hydroxylation sites is 1. The van der Waals surface area contributed by atoms with Gasteiger partial charge in [0.25, 0.3) is 5.91 Å². The van der Waals surface area contributed by atoms with Gasteiger partial charge >= 0.3 is 5.82 Å². The smallest absolute Gasteiger partial charge is 0.361 e. The van der Waals surface area contributed by atoms with Gasteiger partial charge in [0.05, 0.1) is 29.5 Å². The van der Waals surface area contributed by atoms with Crippen molar-refractivity contribution >= 4 is 17.4 Å². The zero-order valence-electron chi connectivity index (χ0n) is 14.5. The van der Waals surface area contributed by atoms with Crippen molar-refractivity contribution in [2.45, 2.75) is 27.3 Å². The Morgan fingerprint density at radius 3 is 2.58 bits per heavy atom. The van der Waals surface area contributed by atoms with Crippen molar-refractivity contribution in [3.8, 4) is 0 Å². The lowest BCUT2D eigenvalue weighted by Gasteiger charge is -2.10. The number of benzene rings is 1. The van der Waals surface area contributed by atoms with Crippen LogP contribution in [0.4, 0.5) is 11.5 Å². The van der Waals surface area contributed by atoms with Crippen LogP contribution in [0.3, 0.4) is 0 Å². The second-order valence-electron chi connectivity index (χ2n) is 5.92. The van der Waals surface area contributed by atoms with Crippen molar-refractivity contribution in [3.63, 3.8) is 0 Å². The van der Waals surface area contributed by atoms with Gasteiger partial charge in [-0.25, -0.2) is 0 Å². The van der Waals surface area contributed by atoms with Gasteiger partial charge in [-0.1, -0.05) is 23.4 Å². The van der Waals surface area contributed by atoms with Gasteiger partial charge in [-0.05, 0) is 36.8 Å². The van der Waals surface area contributed by atoms with E-state index in [0.717, 1.165) is 16.8 Å². The van der Waals surface area contributed by atoms with Crippen LogP contribution in [0.25, 0.3) is 0 Å². The van der Waals surface area contributed by atoms with E-state index in [1.165, 1.54) is 16.9 Å². The van der Waals surface area contributed by atoms with Crippen LogP contribution in [0.5, 0.6) is 0 Å². The van der Waals surface area contributed by atoms with Gasteiger partial charge in [-0.2, -0.15) is 4.68 Å². The van der Waals surface area contributed by atoms with Crippen LogP contribution in [0, 0.1) is 30.9 Å². The van der Waals surface area contributed by atoms with Gasteiger partial charge in [0, 0.05) is 5.69 Å². The van der Waals surface area contributed by atoms with E-state index >= 15 is 0 Å². The number of anilines is 1. The molecule has 0 saturated carbocycles. The maximum Gasteiger partial charge on any atom is 0.389 e. The molecule has 3 aromatic rings. The van der Waals surface area contributed by atoms with Crippen molar-refractivity contribution < 1.29 is 14.2 Å². The first-order chi connectivity index (χ1) is 12.4. The average molecular weight is 355 g/mol. The van der Waals surface area contributed by atoms with Gasteiger partial charge in [-0.3, -0.25) is 4.79 Å². The molecule has 134 valence electrons. The molecule has 0 radical (unpaired) electrons. The van der Waals surface area contributed by atoms with Crippen molar-refractivity contribution in [2.75, 3.05) is 5.32 Å². The highest BCUT2D eigenvalue weighted by Gasteiger charge is 2.23. The van der Waals surface area contributed by atoms with E-state index in [9.17, 15) is 14.9 Å². The first-order valence-electron chi connectivity index (χ1n) is 7.87. The van der Waals surface area contributed by atoms with Crippen LogP contribution >= 0.6 is 0 Å². The summed E-state index contributed by atoms with van der Waals surface area (Å²) in [5.41, 5.74) is 3.24. The van der Waals surface area contributed by atoms with Gasteiger partial charge in [0.1, 0.15) is 5.76 Å². The summed E-state index contributed by atoms with van der Waals surface area (Å²) in [5, 5.41) is 21.3. The van der Waals surface area contributed by atoms with Crippen molar-refractivity contribution in [1.29, 1.82) is 0 Å². The number of hydrogen-bond acceptors (Lipinski definition) is 6. The Morgan fingerprint density at radius 2 is 1.96 bits per heavy atom. The van der Waals surface area contributed by atoms with Gasteiger partial charge in [-0.15, -0.1) is 0 Å². The standard InChI is InChI=1S/C17H17N5O4/c1-10-5-4-6-11(2)15(10)18-17(23)16-13(12(3)26-20-16)9-21-8-7-14(19-21)22(24)25/h4-8H,9H2,1-3H3,(H,18,23). The molecule has 3 rings (SSSR count). The number of aryl methyl sites for hydroxylation is 3. The molecule has 1 aromatic carbocycles. The fraction of sp³-hybridized carbons (Fsp3) is 0.235. The lowest BCUT2D eigenvalue weighted by molar-refractivity contribution is -0.389. The van der Waals surface area contributed by atoms with Gasteiger partial charge in [0.15, 0.2) is 5.69 Å². The van der Waals surface area contributed by atoms with Crippen LogP contribution in [0.15, 0.2) is 35.0 Å². The molecule has 26 heavy (non-hydrogen) atoms. The van der Waals surface area contributed by atoms with Crippen LogP contribution < -0.4 is 5.32 Å². The molecular formula is C17H17N5O4. The molecule has 0 aliphatic heterocycles. The third-order valence-corrected chi connectivity index (χ3v) is 4.05. The summed E-state index contributed by atoms with van der Waals surface area (Å²) in [6.45, 7) is 5.62. The highest BCUT2D eigenvalue weighted by atomic mass is 16.6. The fourth-order valence-electron chi connectivity index (χ4n) is 2.64. The Kier molecular flexibility index (Phi) is 4.53. The summed E-state index contributed by atoms with van der Waals surface area (Å²) in [5.74, 6) is -0.216. The summed E-state index contributed by atoms with van der Waals surface area (Å²) in [4.78, 5) is 22.9. The quantitative estimate of drug-likeness (QED) is 0.555. The second kappa shape index (κ2) is 6.79. The van der Waals surface area contributed by atoms with Crippen LogP contribution in [-0.4, -0.2) is 25.8 Å². The Bertz CT molecular complexity index is 969.